The smallest absolute Gasteiger partial charge is 0.332 e. The summed E-state index contributed by atoms with van der Waals surface area (Å²) in [5.41, 5.74) is 0. The lowest BCUT2D eigenvalue weighted by Crippen LogP contribution is -2.40. The molecule has 0 bridgehead atoms. The van der Waals surface area contributed by atoms with E-state index in [0.717, 1.165) is 19.3 Å². The van der Waals surface area contributed by atoms with Crippen molar-refractivity contribution in [3.63, 3.8) is 0 Å². The van der Waals surface area contributed by atoms with Crippen LogP contribution in [0, 0.1) is 5.92 Å². The first-order valence-electron chi connectivity index (χ1n) is 7.56. The number of hydrogen-bond donors (Lipinski definition) is 1. The first-order chi connectivity index (χ1) is 9.51. The highest BCUT2D eigenvalue weighted by Crippen LogP contribution is 2.05. The number of allylic oxidation sites excluding steroid dienone is 1. The molecule has 4 nitrogen and oxygen atoms in total. The number of ether oxygens (including phenoxy) is 1. The van der Waals surface area contributed by atoms with Crippen LogP contribution in [-0.2, 0) is 14.3 Å². The second-order valence-electron chi connectivity index (χ2n) is 5.36. The molecule has 0 unspecified atom stereocenters. The predicted molar refractivity (Wildman–Crippen MR) is 81.3 cm³/mol. The lowest BCUT2D eigenvalue weighted by Gasteiger charge is -2.13. The van der Waals surface area contributed by atoms with E-state index in [-0.39, 0.29) is 5.91 Å². The molecule has 0 aliphatic carbocycles. The molecule has 20 heavy (non-hydrogen) atoms. The number of unbranched alkanes of at least 4 members (excludes halogenated alkanes) is 4. The Morgan fingerprint density at radius 2 is 1.75 bits per heavy atom. The van der Waals surface area contributed by atoms with Crippen LogP contribution >= 0.6 is 0 Å². The van der Waals surface area contributed by atoms with Crippen molar-refractivity contribution in [2.45, 2.75) is 65.3 Å². The first-order valence-corrected chi connectivity index (χ1v) is 7.56. The summed E-state index contributed by atoms with van der Waals surface area (Å²) in [5.74, 6) is -0.195. The van der Waals surface area contributed by atoms with Gasteiger partial charge in [0.15, 0.2) is 0 Å². The van der Waals surface area contributed by atoms with E-state index in [1.54, 1.807) is 6.08 Å². The molecule has 0 saturated carbocycles. The number of esters is 1. The van der Waals surface area contributed by atoms with Crippen LogP contribution in [0.3, 0.4) is 0 Å². The minimum Gasteiger partial charge on any atom is -0.467 e. The molecule has 0 aliphatic rings. The van der Waals surface area contributed by atoms with Crippen LogP contribution in [0.5, 0.6) is 0 Å². The normalized spacial score (nSPS) is 12.7. The molecule has 0 radical (unpaired) electrons. The largest absolute Gasteiger partial charge is 0.467 e. The molecule has 0 saturated heterocycles. The van der Waals surface area contributed by atoms with Crippen molar-refractivity contribution >= 4 is 11.9 Å². The SMILES string of the molecule is CCCCCCCC(=O)N[C@@H](/C=C/C(C)C)C(=O)OC. The first kappa shape index (κ1) is 18.7. The number of amides is 1. The Hall–Kier alpha value is -1.32. The summed E-state index contributed by atoms with van der Waals surface area (Å²) in [6.07, 6.45) is 9.55. The Balaban J connectivity index is 4.15. The highest BCUT2D eigenvalue weighted by atomic mass is 16.5. The zero-order valence-corrected chi connectivity index (χ0v) is 13.3. The quantitative estimate of drug-likeness (QED) is 0.380. The maximum atomic E-state index is 11.8. The van der Waals surface area contributed by atoms with E-state index in [0.29, 0.717) is 12.3 Å². The molecule has 0 heterocycles. The van der Waals surface area contributed by atoms with E-state index >= 15 is 0 Å². The van der Waals surface area contributed by atoms with Gasteiger partial charge in [0.1, 0.15) is 6.04 Å². The van der Waals surface area contributed by atoms with Gasteiger partial charge in [0, 0.05) is 6.42 Å². The molecule has 1 atom stereocenters. The van der Waals surface area contributed by atoms with E-state index in [4.69, 9.17) is 4.74 Å². The number of carbonyl (C=O) groups excluding carboxylic acids is 2. The highest BCUT2D eigenvalue weighted by Gasteiger charge is 2.18. The summed E-state index contributed by atoms with van der Waals surface area (Å²) in [7, 11) is 1.33. The third kappa shape index (κ3) is 9.59. The van der Waals surface area contributed by atoms with Crippen LogP contribution in [0.25, 0.3) is 0 Å². The van der Waals surface area contributed by atoms with Crippen LogP contribution in [0.15, 0.2) is 12.2 Å². The van der Waals surface area contributed by atoms with Crippen molar-refractivity contribution < 1.29 is 14.3 Å². The van der Waals surface area contributed by atoms with Gasteiger partial charge in [-0.3, -0.25) is 4.79 Å². The molecule has 0 fully saturated rings. The summed E-state index contributed by atoms with van der Waals surface area (Å²) in [5, 5.41) is 2.71. The molecule has 4 heteroatoms. The van der Waals surface area contributed by atoms with Gasteiger partial charge in [-0.25, -0.2) is 4.79 Å². The van der Waals surface area contributed by atoms with E-state index in [1.807, 2.05) is 19.9 Å². The molecule has 0 aromatic rings. The molecule has 0 aromatic heterocycles. The fourth-order valence-electron chi connectivity index (χ4n) is 1.78. The Kier molecular flexibility index (Phi) is 10.7. The van der Waals surface area contributed by atoms with E-state index < -0.39 is 12.0 Å². The summed E-state index contributed by atoms with van der Waals surface area (Å²) < 4.78 is 4.70. The van der Waals surface area contributed by atoms with Crippen LogP contribution < -0.4 is 5.32 Å². The zero-order chi connectivity index (χ0) is 15.4. The molecule has 0 rings (SSSR count). The molecule has 0 aliphatic heterocycles. The minimum absolute atomic E-state index is 0.0923. The second-order valence-corrected chi connectivity index (χ2v) is 5.36. The lowest BCUT2D eigenvalue weighted by atomic mass is 10.1. The van der Waals surface area contributed by atoms with Gasteiger partial charge in [0.05, 0.1) is 7.11 Å². The zero-order valence-electron chi connectivity index (χ0n) is 13.3. The van der Waals surface area contributed by atoms with Gasteiger partial charge in [-0.1, -0.05) is 58.6 Å². The Morgan fingerprint density at radius 1 is 1.10 bits per heavy atom. The number of rotatable bonds is 10. The molecular weight excluding hydrogens is 254 g/mol. The van der Waals surface area contributed by atoms with Crippen molar-refractivity contribution in [1.29, 1.82) is 0 Å². The van der Waals surface area contributed by atoms with Crippen LogP contribution in [0.2, 0.25) is 0 Å². The number of hydrogen-bond acceptors (Lipinski definition) is 3. The van der Waals surface area contributed by atoms with Gasteiger partial charge in [0.2, 0.25) is 5.91 Å². The fourth-order valence-corrected chi connectivity index (χ4v) is 1.78. The third-order valence-electron chi connectivity index (χ3n) is 2.97. The van der Waals surface area contributed by atoms with Crippen LogP contribution in [0.4, 0.5) is 0 Å². The molecule has 0 spiro atoms. The standard InChI is InChI=1S/C16H29NO3/c1-5-6-7-8-9-10-15(18)17-14(16(19)20-4)12-11-13(2)3/h11-14H,5-10H2,1-4H3,(H,17,18)/b12-11+/t14-/m0/s1. The molecule has 0 aromatic carbocycles. The minimum atomic E-state index is -0.675. The molecule has 1 N–H and O–H groups in total. The van der Waals surface area contributed by atoms with Gasteiger partial charge in [-0.05, 0) is 12.3 Å². The van der Waals surface area contributed by atoms with Crippen molar-refractivity contribution in [3.05, 3.63) is 12.2 Å². The second kappa shape index (κ2) is 11.5. The number of methoxy groups -OCH3 is 1. The van der Waals surface area contributed by atoms with E-state index in [1.165, 1.54) is 20.0 Å². The van der Waals surface area contributed by atoms with Gasteiger partial charge in [0.25, 0.3) is 0 Å². The summed E-state index contributed by atoms with van der Waals surface area (Å²) in [4.78, 5) is 23.4. The fraction of sp³-hybridized carbons (Fsp3) is 0.750. The Morgan fingerprint density at radius 3 is 2.30 bits per heavy atom. The summed E-state index contributed by atoms with van der Waals surface area (Å²) in [6.45, 7) is 6.19. The average molecular weight is 283 g/mol. The van der Waals surface area contributed by atoms with E-state index in [2.05, 4.69) is 12.2 Å². The highest BCUT2D eigenvalue weighted by molar-refractivity contribution is 5.85. The van der Waals surface area contributed by atoms with Gasteiger partial charge in [-0.2, -0.15) is 0 Å². The van der Waals surface area contributed by atoms with Crippen molar-refractivity contribution in [2.24, 2.45) is 5.92 Å². The van der Waals surface area contributed by atoms with Crippen molar-refractivity contribution in [1.82, 2.24) is 5.32 Å². The predicted octanol–water partition coefficient (Wildman–Crippen LogP) is 3.22. The number of nitrogens with one attached hydrogen (secondary N) is 1. The molecular formula is C16H29NO3. The van der Waals surface area contributed by atoms with Gasteiger partial charge in [-0.15, -0.1) is 0 Å². The molecule has 116 valence electrons. The molecule has 1 amide bonds. The van der Waals surface area contributed by atoms with Gasteiger partial charge < -0.3 is 10.1 Å². The summed E-state index contributed by atoms with van der Waals surface area (Å²) >= 11 is 0. The maximum absolute atomic E-state index is 11.8. The van der Waals surface area contributed by atoms with Crippen LogP contribution in [0.1, 0.15) is 59.3 Å². The number of carbonyl (C=O) groups is 2. The summed E-state index contributed by atoms with van der Waals surface area (Å²) in [6, 6.07) is -0.675. The van der Waals surface area contributed by atoms with Crippen LogP contribution in [-0.4, -0.2) is 25.0 Å². The van der Waals surface area contributed by atoms with Crippen molar-refractivity contribution in [3.8, 4) is 0 Å². The lowest BCUT2D eigenvalue weighted by molar-refractivity contribution is -0.143. The third-order valence-corrected chi connectivity index (χ3v) is 2.97. The monoisotopic (exact) mass is 283 g/mol. The Labute approximate surface area is 123 Å². The Bertz CT molecular complexity index is 311. The van der Waals surface area contributed by atoms with Crippen molar-refractivity contribution in [2.75, 3.05) is 7.11 Å². The maximum Gasteiger partial charge on any atom is 0.332 e. The topological polar surface area (TPSA) is 55.4 Å². The van der Waals surface area contributed by atoms with Gasteiger partial charge >= 0.3 is 5.97 Å². The van der Waals surface area contributed by atoms with E-state index in [9.17, 15) is 9.59 Å². The average Bonchev–Trinajstić information content (AvgIpc) is 2.42.